The molecule has 0 saturated carbocycles. The maximum absolute atomic E-state index is 11.0. The fourth-order valence-electron chi connectivity index (χ4n) is 1.96. The van der Waals surface area contributed by atoms with Crippen molar-refractivity contribution in [2.45, 2.75) is 19.8 Å². The fraction of sp³-hybridized carbons (Fsp3) is 0.231. The topological polar surface area (TPSA) is 50.2 Å². The van der Waals surface area contributed by atoms with E-state index in [0.717, 1.165) is 17.2 Å². The van der Waals surface area contributed by atoms with Crippen molar-refractivity contribution in [1.29, 1.82) is 0 Å². The Morgan fingerprint density at radius 2 is 2.12 bits per heavy atom. The zero-order valence-corrected chi connectivity index (χ0v) is 9.27. The normalized spacial score (nSPS) is 10.9. The van der Waals surface area contributed by atoms with Gasteiger partial charge in [0.15, 0.2) is 6.29 Å². The highest BCUT2D eigenvalue weighted by Crippen LogP contribution is 2.28. The molecular weight excluding hydrogens is 202 g/mol. The Morgan fingerprint density at radius 1 is 1.38 bits per heavy atom. The predicted molar refractivity (Wildman–Crippen MR) is 62.9 cm³/mol. The number of aldehydes is 1. The van der Waals surface area contributed by atoms with Gasteiger partial charge >= 0.3 is 0 Å². The molecule has 1 aromatic carbocycles. The van der Waals surface area contributed by atoms with Gasteiger partial charge in [-0.25, -0.2) is 0 Å². The summed E-state index contributed by atoms with van der Waals surface area (Å²) in [7, 11) is 0. The third-order valence-electron chi connectivity index (χ3n) is 2.63. The standard InChI is InChI=1S/C13H13NO2/c1-8(2)13-9(7-15)6-14-12-5-10(16)3-4-11(12)13/h3-8,16H,1-2H3. The smallest absolute Gasteiger partial charge is 0.151 e. The Morgan fingerprint density at radius 3 is 2.75 bits per heavy atom. The van der Waals surface area contributed by atoms with Gasteiger partial charge in [0.05, 0.1) is 5.52 Å². The van der Waals surface area contributed by atoms with Crippen LogP contribution in [-0.2, 0) is 0 Å². The van der Waals surface area contributed by atoms with Gasteiger partial charge in [-0.15, -0.1) is 0 Å². The summed E-state index contributed by atoms with van der Waals surface area (Å²) in [5.74, 6) is 0.434. The molecule has 0 bridgehead atoms. The van der Waals surface area contributed by atoms with Crippen LogP contribution >= 0.6 is 0 Å². The van der Waals surface area contributed by atoms with Gasteiger partial charge in [0, 0.05) is 23.2 Å². The van der Waals surface area contributed by atoms with Crippen LogP contribution in [0.4, 0.5) is 0 Å². The molecule has 0 aliphatic heterocycles. The third kappa shape index (κ3) is 1.65. The largest absolute Gasteiger partial charge is 0.508 e. The first-order chi connectivity index (χ1) is 7.63. The van der Waals surface area contributed by atoms with Gasteiger partial charge in [0.1, 0.15) is 5.75 Å². The van der Waals surface area contributed by atoms with Crippen molar-refractivity contribution < 1.29 is 9.90 Å². The second kappa shape index (κ2) is 3.93. The first kappa shape index (κ1) is 10.6. The lowest BCUT2D eigenvalue weighted by Gasteiger charge is -2.12. The van der Waals surface area contributed by atoms with Gasteiger partial charge in [-0.3, -0.25) is 9.78 Å². The second-order valence-electron chi connectivity index (χ2n) is 4.10. The number of aromatic hydroxyl groups is 1. The van der Waals surface area contributed by atoms with Crippen LogP contribution in [-0.4, -0.2) is 16.4 Å². The Kier molecular flexibility index (Phi) is 2.60. The summed E-state index contributed by atoms with van der Waals surface area (Å²) in [6.07, 6.45) is 2.39. The fourth-order valence-corrected chi connectivity index (χ4v) is 1.96. The lowest BCUT2D eigenvalue weighted by molar-refractivity contribution is 0.112. The molecule has 0 amide bonds. The van der Waals surface area contributed by atoms with Crippen LogP contribution in [0, 0.1) is 0 Å². The summed E-state index contributed by atoms with van der Waals surface area (Å²) in [6.45, 7) is 4.07. The highest BCUT2D eigenvalue weighted by atomic mass is 16.3. The van der Waals surface area contributed by atoms with Crippen molar-refractivity contribution in [2.75, 3.05) is 0 Å². The summed E-state index contributed by atoms with van der Waals surface area (Å²) in [5, 5.41) is 10.3. The number of carbonyl (C=O) groups is 1. The summed E-state index contributed by atoms with van der Waals surface area (Å²) in [4.78, 5) is 15.1. The summed E-state index contributed by atoms with van der Waals surface area (Å²) in [6, 6.07) is 5.03. The van der Waals surface area contributed by atoms with E-state index < -0.39 is 0 Å². The van der Waals surface area contributed by atoms with E-state index >= 15 is 0 Å². The van der Waals surface area contributed by atoms with Crippen molar-refractivity contribution in [1.82, 2.24) is 4.98 Å². The molecule has 2 aromatic rings. The van der Waals surface area contributed by atoms with E-state index in [2.05, 4.69) is 4.98 Å². The minimum Gasteiger partial charge on any atom is -0.508 e. The molecule has 0 spiro atoms. The SMILES string of the molecule is CC(C)c1c(C=O)cnc2cc(O)ccc12. The minimum atomic E-state index is 0.188. The average molecular weight is 215 g/mol. The molecule has 82 valence electrons. The Labute approximate surface area is 93.7 Å². The number of nitrogens with zero attached hydrogens (tertiary/aromatic N) is 1. The molecule has 0 aliphatic carbocycles. The number of benzene rings is 1. The summed E-state index contributed by atoms with van der Waals surface area (Å²) < 4.78 is 0. The van der Waals surface area contributed by atoms with Gasteiger partial charge in [0.2, 0.25) is 0 Å². The van der Waals surface area contributed by atoms with Crippen LogP contribution in [0.1, 0.15) is 35.7 Å². The van der Waals surface area contributed by atoms with Gasteiger partial charge in [-0.2, -0.15) is 0 Å². The van der Waals surface area contributed by atoms with E-state index in [1.54, 1.807) is 24.4 Å². The van der Waals surface area contributed by atoms with E-state index in [1.165, 1.54) is 0 Å². The number of hydrogen-bond acceptors (Lipinski definition) is 3. The maximum atomic E-state index is 11.0. The zero-order chi connectivity index (χ0) is 11.7. The maximum Gasteiger partial charge on any atom is 0.151 e. The van der Waals surface area contributed by atoms with Gasteiger partial charge in [-0.1, -0.05) is 13.8 Å². The number of hydrogen-bond donors (Lipinski definition) is 1. The number of phenols is 1. The molecule has 16 heavy (non-hydrogen) atoms. The van der Waals surface area contributed by atoms with Crippen molar-refractivity contribution in [3.63, 3.8) is 0 Å². The van der Waals surface area contributed by atoms with Gasteiger partial charge in [-0.05, 0) is 23.6 Å². The molecule has 3 heteroatoms. The Bertz CT molecular complexity index is 547. The van der Waals surface area contributed by atoms with Crippen LogP contribution < -0.4 is 0 Å². The van der Waals surface area contributed by atoms with Crippen LogP contribution in [0.25, 0.3) is 10.9 Å². The lowest BCUT2D eigenvalue weighted by atomic mass is 9.94. The van der Waals surface area contributed by atoms with Crippen LogP contribution in [0.15, 0.2) is 24.4 Å². The second-order valence-corrected chi connectivity index (χ2v) is 4.10. The molecule has 3 nitrogen and oxygen atoms in total. The molecule has 0 atom stereocenters. The predicted octanol–water partition coefficient (Wildman–Crippen LogP) is 2.88. The molecule has 0 aliphatic rings. The number of carbonyl (C=O) groups excluding carboxylic acids is 1. The minimum absolute atomic E-state index is 0.188. The molecule has 1 heterocycles. The van der Waals surface area contributed by atoms with Gasteiger partial charge < -0.3 is 5.11 Å². The van der Waals surface area contributed by atoms with E-state index in [-0.39, 0.29) is 11.7 Å². The molecule has 0 saturated heterocycles. The Balaban J connectivity index is 2.84. The molecule has 2 rings (SSSR count). The molecular formula is C13H13NO2. The Hall–Kier alpha value is -1.90. The third-order valence-corrected chi connectivity index (χ3v) is 2.63. The quantitative estimate of drug-likeness (QED) is 0.783. The first-order valence-corrected chi connectivity index (χ1v) is 5.20. The van der Waals surface area contributed by atoms with Crippen LogP contribution in [0.2, 0.25) is 0 Å². The number of fused-ring (bicyclic) bond motifs is 1. The summed E-state index contributed by atoms with van der Waals surface area (Å²) in [5.41, 5.74) is 2.32. The highest BCUT2D eigenvalue weighted by Gasteiger charge is 2.11. The number of phenolic OH excluding ortho intramolecular Hbond substituents is 1. The lowest BCUT2D eigenvalue weighted by Crippen LogP contribution is -1.98. The van der Waals surface area contributed by atoms with E-state index in [9.17, 15) is 9.90 Å². The van der Waals surface area contributed by atoms with E-state index in [0.29, 0.717) is 11.1 Å². The van der Waals surface area contributed by atoms with Crippen LogP contribution in [0.3, 0.4) is 0 Å². The highest BCUT2D eigenvalue weighted by molar-refractivity contribution is 5.91. The number of rotatable bonds is 2. The van der Waals surface area contributed by atoms with Crippen molar-refractivity contribution in [2.24, 2.45) is 0 Å². The van der Waals surface area contributed by atoms with Crippen molar-refractivity contribution in [3.05, 3.63) is 35.5 Å². The van der Waals surface area contributed by atoms with Crippen molar-refractivity contribution >= 4 is 17.2 Å². The van der Waals surface area contributed by atoms with Crippen LogP contribution in [0.5, 0.6) is 5.75 Å². The zero-order valence-electron chi connectivity index (χ0n) is 9.27. The molecule has 1 N–H and O–H groups in total. The number of aromatic nitrogens is 1. The molecule has 0 radical (unpaired) electrons. The molecule has 1 aromatic heterocycles. The summed E-state index contributed by atoms with van der Waals surface area (Å²) >= 11 is 0. The van der Waals surface area contributed by atoms with E-state index in [4.69, 9.17) is 0 Å². The monoisotopic (exact) mass is 215 g/mol. The molecule has 0 fully saturated rings. The molecule has 0 unspecified atom stereocenters. The van der Waals surface area contributed by atoms with Gasteiger partial charge in [0.25, 0.3) is 0 Å². The van der Waals surface area contributed by atoms with E-state index in [1.807, 2.05) is 13.8 Å². The average Bonchev–Trinajstić information content (AvgIpc) is 2.26. The van der Waals surface area contributed by atoms with Crippen molar-refractivity contribution in [3.8, 4) is 5.75 Å². The first-order valence-electron chi connectivity index (χ1n) is 5.20. The number of pyridine rings is 1.